The first kappa shape index (κ1) is 18.3. The van der Waals surface area contributed by atoms with Crippen molar-refractivity contribution in [1.29, 1.82) is 0 Å². The van der Waals surface area contributed by atoms with Crippen LogP contribution in [0, 0.1) is 5.82 Å². The van der Waals surface area contributed by atoms with Gasteiger partial charge in [0.25, 0.3) is 0 Å². The summed E-state index contributed by atoms with van der Waals surface area (Å²) in [5, 5.41) is 0. The standard InChI is InChI=1S/C23H24FNO/c1-16(2)13-18(17(3)4)15-26-23(10-11-23)21-14-25-12-9-19(21)20-7-5-6-8-22(20)24/h5-9,12-14H,1,3,10-11,15H2,2,4H3/b18-13-. The summed E-state index contributed by atoms with van der Waals surface area (Å²) in [5.74, 6) is -0.236. The minimum Gasteiger partial charge on any atom is -0.366 e. The normalized spacial score (nSPS) is 15.6. The summed E-state index contributed by atoms with van der Waals surface area (Å²) in [6, 6.07) is 8.68. The number of nitrogens with zero attached hydrogens (tertiary/aromatic N) is 1. The van der Waals surface area contributed by atoms with Crippen LogP contribution in [0.15, 0.2) is 78.7 Å². The van der Waals surface area contributed by atoms with Gasteiger partial charge in [0.05, 0.1) is 12.2 Å². The Morgan fingerprint density at radius 1 is 1.19 bits per heavy atom. The molecule has 1 aliphatic carbocycles. The smallest absolute Gasteiger partial charge is 0.131 e. The van der Waals surface area contributed by atoms with Gasteiger partial charge in [0.1, 0.15) is 5.82 Å². The molecule has 0 aliphatic heterocycles. The molecule has 0 atom stereocenters. The Bertz CT molecular complexity index is 877. The van der Waals surface area contributed by atoms with Crippen LogP contribution in [0.1, 0.15) is 32.3 Å². The van der Waals surface area contributed by atoms with Gasteiger partial charge in [-0.15, -0.1) is 0 Å². The molecule has 1 heterocycles. The van der Waals surface area contributed by atoms with E-state index in [4.69, 9.17) is 4.74 Å². The Balaban J connectivity index is 1.91. The zero-order chi connectivity index (χ0) is 18.7. The minimum atomic E-state index is -0.407. The van der Waals surface area contributed by atoms with Gasteiger partial charge >= 0.3 is 0 Å². The summed E-state index contributed by atoms with van der Waals surface area (Å²) in [6.45, 7) is 12.3. The Hall–Kier alpha value is -2.52. The number of benzene rings is 1. The summed E-state index contributed by atoms with van der Waals surface area (Å²) in [4.78, 5) is 4.27. The van der Waals surface area contributed by atoms with Crippen molar-refractivity contribution in [3.8, 4) is 11.1 Å². The van der Waals surface area contributed by atoms with E-state index in [-0.39, 0.29) is 5.82 Å². The van der Waals surface area contributed by atoms with Gasteiger partial charge in [-0.05, 0) is 50.0 Å². The van der Waals surface area contributed by atoms with Crippen molar-refractivity contribution >= 4 is 0 Å². The summed E-state index contributed by atoms with van der Waals surface area (Å²) in [7, 11) is 0. The lowest BCUT2D eigenvalue weighted by Crippen LogP contribution is -2.16. The maximum absolute atomic E-state index is 14.3. The molecular formula is C23H24FNO. The van der Waals surface area contributed by atoms with Crippen LogP contribution in [0.4, 0.5) is 4.39 Å². The Kier molecular flexibility index (Phi) is 5.19. The van der Waals surface area contributed by atoms with Gasteiger partial charge in [-0.3, -0.25) is 4.98 Å². The molecule has 0 spiro atoms. The maximum atomic E-state index is 14.3. The molecule has 3 heteroatoms. The van der Waals surface area contributed by atoms with E-state index in [1.54, 1.807) is 24.5 Å². The van der Waals surface area contributed by atoms with Crippen LogP contribution in [0.5, 0.6) is 0 Å². The van der Waals surface area contributed by atoms with Gasteiger partial charge < -0.3 is 4.74 Å². The largest absolute Gasteiger partial charge is 0.366 e. The number of rotatable bonds is 7. The van der Waals surface area contributed by atoms with Crippen molar-refractivity contribution in [3.05, 3.63) is 90.1 Å². The third kappa shape index (κ3) is 3.83. The van der Waals surface area contributed by atoms with Gasteiger partial charge in [0.15, 0.2) is 0 Å². The van der Waals surface area contributed by atoms with Crippen LogP contribution in [-0.2, 0) is 10.3 Å². The molecule has 0 bridgehead atoms. The number of allylic oxidation sites excluding steroid dienone is 2. The van der Waals surface area contributed by atoms with Crippen LogP contribution < -0.4 is 0 Å². The van der Waals surface area contributed by atoms with Gasteiger partial charge in [0, 0.05) is 23.5 Å². The summed E-state index contributed by atoms with van der Waals surface area (Å²) >= 11 is 0. The third-order valence-electron chi connectivity index (χ3n) is 4.65. The van der Waals surface area contributed by atoms with Gasteiger partial charge in [0.2, 0.25) is 0 Å². The molecule has 2 nitrogen and oxygen atoms in total. The highest BCUT2D eigenvalue weighted by molar-refractivity contribution is 5.69. The van der Waals surface area contributed by atoms with E-state index >= 15 is 0 Å². The highest BCUT2D eigenvalue weighted by atomic mass is 19.1. The SMILES string of the molecule is C=C(C)/C=C(/COC1(c2cnccc2-c2ccccc2F)CC1)C(=C)C. The predicted octanol–water partition coefficient (Wildman–Crippen LogP) is 5.97. The quantitative estimate of drug-likeness (QED) is 0.574. The molecule has 26 heavy (non-hydrogen) atoms. The van der Waals surface area contributed by atoms with Crippen LogP contribution >= 0.6 is 0 Å². The third-order valence-corrected chi connectivity index (χ3v) is 4.65. The predicted molar refractivity (Wildman–Crippen MR) is 104 cm³/mol. The zero-order valence-electron chi connectivity index (χ0n) is 15.4. The monoisotopic (exact) mass is 349 g/mol. The number of pyridine rings is 1. The Labute approximate surface area is 154 Å². The van der Waals surface area contributed by atoms with E-state index in [9.17, 15) is 4.39 Å². The molecule has 1 aromatic carbocycles. The molecule has 3 rings (SSSR count). The topological polar surface area (TPSA) is 22.1 Å². The molecule has 0 saturated heterocycles. The molecule has 1 fully saturated rings. The maximum Gasteiger partial charge on any atom is 0.131 e. The number of ether oxygens (including phenoxy) is 1. The van der Waals surface area contributed by atoms with Gasteiger partial charge in [-0.1, -0.05) is 48.6 Å². The fourth-order valence-corrected chi connectivity index (χ4v) is 3.08. The highest BCUT2D eigenvalue weighted by Crippen LogP contribution is 2.52. The molecule has 1 aliphatic rings. The molecule has 1 saturated carbocycles. The van der Waals surface area contributed by atoms with Crippen LogP contribution in [0.2, 0.25) is 0 Å². The van der Waals surface area contributed by atoms with E-state index < -0.39 is 5.60 Å². The molecule has 1 aromatic heterocycles. The van der Waals surface area contributed by atoms with Crippen LogP contribution in [-0.4, -0.2) is 11.6 Å². The zero-order valence-corrected chi connectivity index (χ0v) is 15.4. The summed E-state index contributed by atoms with van der Waals surface area (Å²) < 4.78 is 20.7. The first-order valence-corrected chi connectivity index (χ1v) is 8.78. The lowest BCUT2D eigenvalue weighted by Gasteiger charge is -2.21. The molecular weight excluding hydrogens is 325 g/mol. The van der Waals surface area contributed by atoms with Crippen LogP contribution in [0.3, 0.4) is 0 Å². The van der Waals surface area contributed by atoms with Crippen molar-refractivity contribution in [2.24, 2.45) is 0 Å². The van der Waals surface area contributed by atoms with Crippen molar-refractivity contribution in [1.82, 2.24) is 4.98 Å². The van der Waals surface area contributed by atoms with Crippen LogP contribution in [0.25, 0.3) is 11.1 Å². The molecule has 0 unspecified atom stereocenters. The molecule has 2 aromatic rings. The fourth-order valence-electron chi connectivity index (χ4n) is 3.08. The first-order chi connectivity index (χ1) is 12.4. The number of aromatic nitrogens is 1. The molecule has 0 N–H and O–H groups in total. The van der Waals surface area contributed by atoms with Crippen molar-refractivity contribution in [2.75, 3.05) is 6.61 Å². The average Bonchev–Trinajstić information content (AvgIpc) is 3.40. The van der Waals surface area contributed by atoms with E-state index in [1.807, 2.05) is 32.1 Å². The Morgan fingerprint density at radius 3 is 2.54 bits per heavy atom. The number of hydrogen-bond acceptors (Lipinski definition) is 2. The van der Waals surface area contributed by atoms with E-state index in [0.717, 1.165) is 40.7 Å². The first-order valence-electron chi connectivity index (χ1n) is 8.78. The van der Waals surface area contributed by atoms with E-state index in [2.05, 4.69) is 18.1 Å². The van der Waals surface area contributed by atoms with E-state index in [1.165, 1.54) is 6.07 Å². The Morgan fingerprint density at radius 2 is 1.92 bits per heavy atom. The van der Waals surface area contributed by atoms with E-state index in [0.29, 0.717) is 12.2 Å². The molecule has 134 valence electrons. The van der Waals surface area contributed by atoms with Crippen molar-refractivity contribution in [3.63, 3.8) is 0 Å². The summed E-state index contributed by atoms with van der Waals surface area (Å²) in [5.41, 5.74) is 4.92. The average molecular weight is 349 g/mol. The van der Waals surface area contributed by atoms with Crippen molar-refractivity contribution < 1.29 is 9.13 Å². The second-order valence-electron chi connectivity index (χ2n) is 6.98. The fraction of sp³-hybridized carbons (Fsp3) is 0.261. The molecule has 0 amide bonds. The summed E-state index contributed by atoms with van der Waals surface area (Å²) in [6.07, 6.45) is 7.30. The van der Waals surface area contributed by atoms with Gasteiger partial charge in [-0.25, -0.2) is 4.39 Å². The van der Waals surface area contributed by atoms with Crippen molar-refractivity contribution in [2.45, 2.75) is 32.3 Å². The highest BCUT2D eigenvalue weighted by Gasteiger charge is 2.47. The molecule has 0 radical (unpaired) electrons. The lowest BCUT2D eigenvalue weighted by molar-refractivity contribution is 0.0472. The lowest BCUT2D eigenvalue weighted by atomic mass is 9.96. The second-order valence-corrected chi connectivity index (χ2v) is 6.98. The minimum absolute atomic E-state index is 0.236. The number of halogens is 1. The second kappa shape index (κ2) is 7.38. The van der Waals surface area contributed by atoms with Gasteiger partial charge in [-0.2, -0.15) is 0 Å². The number of hydrogen-bond donors (Lipinski definition) is 0.